The van der Waals surface area contributed by atoms with Gasteiger partial charge in [0.1, 0.15) is 23.1 Å². The summed E-state index contributed by atoms with van der Waals surface area (Å²) < 4.78 is 32.6. The molecule has 2 aromatic carbocycles. The number of aliphatic hydroxyl groups is 1. The summed E-state index contributed by atoms with van der Waals surface area (Å²) in [5.41, 5.74) is 0.197. The van der Waals surface area contributed by atoms with Gasteiger partial charge in [0, 0.05) is 13.5 Å². The number of amides is 2. The van der Waals surface area contributed by atoms with Crippen molar-refractivity contribution < 1.29 is 33.0 Å². The highest BCUT2D eigenvalue weighted by Crippen LogP contribution is 2.26. The summed E-state index contributed by atoms with van der Waals surface area (Å²) in [6.07, 6.45) is -2.02. The monoisotopic (exact) mass is 568 g/mol. The third kappa shape index (κ3) is 7.11. The fourth-order valence-electron chi connectivity index (χ4n) is 4.49. The first-order valence-corrected chi connectivity index (χ1v) is 13.1. The molecule has 1 aliphatic heterocycles. The van der Waals surface area contributed by atoms with E-state index >= 15 is 4.39 Å². The molecule has 3 aromatic rings. The number of carbonyl (C=O) groups excluding carboxylic acids is 2. The van der Waals surface area contributed by atoms with Crippen LogP contribution in [0.15, 0.2) is 45.6 Å². The molecule has 0 saturated carbocycles. The van der Waals surface area contributed by atoms with Crippen molar-refractivity contribution in [2.75, 3.05) is 19.7 Å². The predicted octanol–water partition coefficient (Wildman–Crippen LogP) is 2.88. The zero-order valence-electron chi connectivity index (χ0n) is 23.6. The molecule has 11 nitrogen and oxygen atoms in total. The summed E-state index contributed by atoms with van der Waals surface area (Å²) in [4.78, 5) is 38.7. The SMILES string of the molecule is Cn1c(=O)oc2ccc(-c3ccc(C[C@@H](C#N)NC(=O)[C@@H]4CN(C(=O)OC(C)(C)C)C[C@@](C)(O)CO4)c(F)c3)cc21. The van der Waals surface area contributed by atoms with E-state index in [1.807, 2.05) is 6.07 Å². The molecule has 0 spiro atoms. The first kappa shape index (κ1) is 29.8. The first-order chi connectivity index (χ1) is 19.2. The maximum absolute atomic E-state index is 15.1. The van der Waals surface area contributed by atoms with Crippen LogP contribution in [-0.4, -0.2) is 69.6 Å². The quantitative estimate of drug-likeness (QED) is 0.478. The Morgan fingerprint density at radius 2 is 1.95 bits per heavy atom. The van der Waals surface area contributed by atoms with Gasteiger partial charge in [0.05, 0.1) is 31.3 Å². The summed E-state index contributed by atoms with van der Waals surface area (Å²) in [7, 11) is 1.58. The van der Waals surface area contributed by atoms with Crippen molar-refractivity contribution in [2.24, 2.45) is 7.05 Å². The van der Waals surface area contributed by atoms with Crippen LogP contribution in [0, 0.1) is 17.1 Å². The number of halogens is 1. The van der Waals surface area contributed by atoms with Crippen molar-refractivity contribution >= 4 is 23.1 Å². The van der Waals surface area contributed by atoms with E-state index in [1.54, 1.807) is 52.1 Å². The summed E-state index contributed by atoms with van der Waals surface area (Å²) in [5.74, 6) is -1.75. The molecule has 3 atom stereocenters. The van der Waals surface area contributed by atoms with E-state index in [0.717, 1.165) is 0 Å². The lowest BCUT2D eigenvalue weighted by Crippen LogP contribution is -2.49. The molecule has 2 heterocycles. The zero-order chi connectivity index (χ0) is 30.1. The predicted molar refractivity (Wildman–Crippen MR) is 146 cm³/mol. The summed E-state index contributed by atoms with van der Waals surface area (Å²) in [5, 5.41) is 22.8. The summed E-state index contributed by atoms with van der Waals surface area (Å²) in [6, 6.07) is 10.5. The van der Waals surface area contributed by atoms with Gasteiger partial charge in [0.15, 0.2) is 11.7 Å². The van der Waals surface area contributed by atoms with Crippen molar-refractivity contribution in [3.05, 3.63) is 58.3 Å². The molecule has 41 heavy (non-hydrogen) atoms. The molecule has 0 aliphatic carbocycles. The number of rotatable bonds is 5. The van der Waals surface area contributed by atoms with Gasteiger partial charge in [0.25, 0.3) is 5.91 Å². The molecule has 4 rings (SSSR count). The van der Waals surface area contributed by atoms with E-state index in [9.17, 15) is 24.8 Å². The van der Waals surface area contributed by atoms with Crippen molar-refractivity contribution in [3.8, 4) is 17.2 Å². The van der Waals surface area contributed by atoms with Gasteiger partial charge >= 0.3 is 11.8 Å². The highest BCUT2D eigenvalue weighted by molar-refractivity contribution is 5.83. The van der Waals surface area contributed by atoms with E-state index in [2.05, 4.69) is 5.32 Å². The van der Waals surface area contributed by atoms with Crippen molar-refractivity contribution in [2.45, 2.75) is 57.5 Å². The van der Waals surface area contributed by atoms with Crippen LogP contribution in [0.5, 0.6) is 0 Å². The lowest BCUT2D eigenvalue weighted by atomic mass is 10.00. The number of oxazole rings is 1. The average Bonchev–Trinajstić information content (AvgIpc) is 3.06. The lowest BCUT2D eigenvalue weighted by molar-refractivity contribution is -0.135. The number of fused-ring (bicyclic) bond motifs is 1. The van der Waals surface area contributed by atoms with Gasteiger partial charge in [-0.3, -0.25) is 9.36 Å². The third-order valence-electron chi connectivity index (χ3n) is 6.53. The molecule has 12 heteroatoms. The summed E-state index contributed by atoms with van der Waals surface area (Å²) >= 11 is 0. The van der Waals surface area contributed by atoms with E-state index in [0.29, 0.717) is 22.2 Å². The molecule has 1 aromatic heterocycles. The number of benzene rings is 2. The Bertz CT molecular complexity index is 1560. The van der Waals surface area contributed by atoms with Gasteiger partial charge in [-0.1, -0.05) is 18.2 Å². The molecule has 1 fully saturated rings. The number of hydrogen-bond acceptors (Lipinski definition) is 8. The van der Waals surface area contributed by atoms with Gasteiger partial charge in [-0.25, -0.2) is 14.0 Å². The van der Waals surface area contributed by atoms with E-state index in [1.165, 1.54) is 28.5 Å². The molecule has 0 unspecified atom stereocenters. The minimum atomic E-state index is -1.43. The van der Waals surface area contributed by atoms with Crippen LogP contribution in [0.4, 0.5) is 9.18 Å². The Morgan fingerprint density at radius 1 is 1.27 bits per heavy atom. The van der Waals surface area contributed by atoms with Gasteiger partial charge < -0.3 is 29.2 Å². The Morgan fingerprint density at radius 3 is 2.61 bits per heavy atom. The van der Waals surface area contributed by atoms with Crippen LogP contribution in [0.2, 0.25) is 0 Å². The van der Waals surface area contributed by atoms with Gasteiger partial charge in [0.2, 0.25) is 0 Å². The second-order valence-electron chi connectivity index (χ2n) is 11.5. The van der Waals surface area contributed by atoms with Gasteiger partial charge in [-0.05, 0) is 62.6 Å². The minimum absolute atomic E-state index is 0.116. The van der Waals surface area contributed by atoms with Crippen LogP contribution >= 0.6 is 0 Å². The fourth-order valence-corrected chi connectivity index (χ4v) is 4.49. The number of hydrogen-bond donors (Lipinski definition) is 2. The van der Waals surface area contributed by atoms with Crippen molar-refractivity contribution in [1.82, 2.24) is 14.8 Å². The van der Waals surface area contributed by atoms with Crippen molar-refractivity contribution in [3.63, 3.8) is 0 Å². The maximum Gasteiger partial charge on any atom is 0.419 e. The number of ether oxygens (including phenoxy) is 2. The smallest absolute Gasteiger partial charge is 0.419 e. The topological polar surface area (TPSA) is 147 Å². The Hall–Kier alpha value is -4.21. The normalized spacial score (nSPS) is 20.2. The number of nitrogens with one attached hydrogen (secondary N) is 1. The second kappa shape index (κ2) is 11.3. The number of aryl methyl sites for hydroxylation is 1. The Labute approximate surface area is 236 Å². The van der Waals surface area contributed by atoms with E-state index in [-0.39, 0.29) is 31.7 Å². The standard InChI is InChI=1S/C29H33FN4O7/c1-28(2,3)41-27(37)34-14-24(39-16-29(4,38)15-34)25(35)32-20(13-31)10-19-7-6-17(11-21(19)30)18-8-9-23-22(12-18)33(5)26(36)40-23/h6-9,11-12,20,24,38H,10,14-16H2,1-5H3,(H,32,35)/t20-,24-,29+/m0/s1. The molecule has 1 aliphatic rings. The van der Waals surface area contributed by atoms with Crippen LogP contribution < -0.4 is 11.1 Å². The fraction of sp³-hybridized carbons (Fsp3) is 0.448. The largest absolute Gasteiger partial charge is 0.444 e. The molecular weight excluding hydrogens is 535 g/mol. The van der Waals surface area contributed by atoms with Crippen LogP contribution in [0.1, 0.15) is 33.3 Å². The van der Waals surface area contributed by atoms with Crippen molar-refractivity contribution in [1.29, 1.82) is 5.26 Å². The van der Waals surface area contributed by atoms with Gasteiger partial charge in [-0.2, -0.15) is 5.26 Å². The number of carbonyl (C=O) groups is 2. The number of nitriles is 1. The number of nitrogens with zero attached hydrogens (tertiary/aromatic N) is 3. The molecule has 2 N–H and O–H groups in total. The Balaban J connectivity index is 1.46. The van der Waals surface area contributed by atoms with Crippen LogP contribution in [0.3, 0.4) is 0 Å². The lowest BCUT2D eigenvalue weighted by Gasteiger charge is -2.30. The molecule has 0 bridgehead atoms. The summed E-state index contributed by atoms with van der Waals surface area (Å²) in [6.45, 7) is 6.03. The molecule has 1 saturated heterocycles. The second-order valence-corrected chi connectivity index (χ2v) is 11.5. The van der Waals surface area contributed by atoms with E-state index < -0.39 is 46.9 Å². The third-order valence-corrected chi connectivity index (χ3v) is 6.53. The Kier molecular flexibility index (Phi) is 8.24. The number of aromatic nitrogens is 1. The molecule has 218 valence electrons. The first-order valence-electron chi connectivity index (χ1n) is 13.1. The van der Waals surface area contributed by atoms with E-state index in [4.69, 9.17) is 13.9 Å². The molecular formula is C29H33FN4O7. The number of β-amino-alcohol motifs (C(OH)–C–C–N with tert-alkyl or cyclic N) is 1. The zero-order valence-corrected chi connectivity index (χ0v) is 23.6. The van der Waals surface area contributed by atoms with Gasteiger partial charge in [-0.15, -0.1) is 0 Å². The highest BCUT2D eigenvalue weighted by atomic mass is 19.1. The molecule has 2 amide bonds. The van der Waals surface area contributed by atoms with Crippen LogP contribution in [0.25, 0.3) is 22.2 Å². The minimum Gasteiger partial charge on any atom is -0.444 e. The molecule has 0 radical (unpaired) electrons. The van der Waals surface area contributed by atoms with Crippen LogP contribution in [-0.2, 0) is 27.7 Å². The highest BCUT2D eigenvalue weighted by Gasteiger charge is 2.38. The maximum atomic E-state index is 15.1. The average molecular weight is 569 g/mol.